The summed E-state index contributed by atoms with van der Waals surface area (Å²) in [6, 6.07) is 14.2. The topological polar surface area (TPSA) is 20.3 Å². The highest BCUT2D eigenvalue weighted by molar-refractivity contribution is 9.10. The Bertz CT molecular complexity index is 669. The Morgan fingerprint density at radius 2 is 1.81 bits per heavy atom. The molecule has 0 aliphatic heterocycles. The standard InChI is InChI=1S/C17H15BrFNO/c18-15-7-3-2-6-14(15)17(21)20(13-9-10-13)11-12-5-1-4-8-16(12)19/h1-8,13H,9-11H2. The molecule has 0 N–H and O–H groups in total. The summed E-state index contributed by atoms with van der Waals surface area (Å²) in [6.45, 7) is 0.317. The molecule has 2 aromatic rings. The lowest BCUT2D eigenvalue weighted by atomic mass is 10.1. The van der Waals surface area contributed by atoms with E-state index in [-0.39, 0.29) is 17.8 Å². The summed E-state index contributed by atoms with van der Waals surface area (Å²) in [6.07, 6.45) is 1.98. The fraction of sp³-hybridized carbons (Fsp3) is 0.235. The molecule has 0 radical (unpaired) electrons. The summed E-state index contributed by atoms with van der Waals surface area (Å²) in [4.78, 5) is 14.5. The van der Waals surface area contributed by atoms with E-state index < -0.39 is 0 Å². The molecule has 0 atom stereocenters. The highest BCUT2D eigenvalue weighted by Crippen LogP contribution is 2.31. The van der Waals surface area contributed by atoms with Crippen LogP contribution in [0.3, 0.4) is 0 Å². The van der Waals surface area contributed by atoms with Crippen molar-refractivity contribution >= 4 is 21.8 Å². The molecule has 21 heavy (non-hydrogen) atoms. The summed E-state index contributed by atoms with van der Waals surface area (Å²) in [5.41, 5.74) is 1.19. The van der Waals surface area contributed by atoms with Crippen LogP contribution < -0.4 is 0 Å². The van der Waals surface area contributed by atoms with Crippen molar-refractivity contribution in [1.82, 2.24) is 4.90 Å². The highest BCUT2D eigenvalue weighted by Gasteiger charge is 2.34. The first-order valence-electron chi connectivity index (χ1n) is 6.95. The van der Waals surface area contributed by atoms with Gasteiger partial charge in [-0.3, -0.25) is 4.79 Å². The molecule has 0 unspecified atom stereocenters. The third-order valence-corrected chi connectivity index (χ3v) is 4.34. The Morgan fingerprint density at radius 1 is 1.14 bits per heavy atom. The van der Waals surface area contributed by atoms with Crippen LogP contribution >= 0.6 is 15.9 Å². The van der Waals surface area contributed by atoms with Crippen molar-refractivity contribution in [3.05, 3.63) is 69.9 Å². The predicted octanol–water partition coefficient (Wildman–Crippen LogP) is 4.39. The van der Waals surface area contributed by atoms with Crippen molar-refractivity contribution in [2.75, 3.05) is 0 Å². The van der Waals surface area contributed by atoms with E-state index >= 15 is 0 Å². The van der Waals surface area contributed by atoms with Crippen molar-refractivity contribution < 1.29 is 9.18 Å². The second-order valence-corrected chi connectivity index (χ2v) is 6.09. The Balaban J connectivity index is 1.87. The average molecular weight is 348 g/mol. The molecule has 1 amide bonds. The van der Waals surface area contributed by atoms with Gasteiger partial charge in [0.25, 0.3) is 5.91 Å². The second-order valence-electron chi connectivity index (χ2n) is 5.24. The van der Waals surface area contributed by atoms with Crippen LogP contribution in [0, 0.1) is 5.82 Å². The lowest BCUT2D eigenvalue weighted by Gasteiger charge is -2.23. The molecule has 4 heteroatoms. The molecule has 108 valence electrons. The summed E-state index contributed by atoms with van der Waals surface area (Å²) < 4.78 is 14.6. The summed E-state index contributed by atoms with van der Waals surface area (Å²) >= 11 is 3.41. The van der Waals surface area contributed by atoms with E-state index in [1.807, 2.05) is 18.2 Å². The Hall–Kier alpha value is -1.68. The molecule has 1 aliphatic rings. The monoisotopic (exact) mass is 347 g/mol. The average Bonchev–Trinajstić information content (AvgIpc) is 3.31. The Kier molecular flexibility index (Phi) is 4.06. The van der Waals surface area contributed by atoms with Gasteiger partial charge >= 0.3 is 0 Å². The van der Waals surface area contributed by atoms with Crippen LogP contribution in [0.5, 0.6) is 0 Å². The molecule has 0 saturated heterocycles. The lowest BCUT2D eigenvalue weighted by Crippen LogP contribution is -2.33. The van der Waals surface area contributed by atoms with Crippen LogP contribution in [0.2, 0.25) is 0 Å². The van der Waals surface area contributed by atoms with Crippen LogP contribution in [0.1, 0.15) is 28.8 Å². The number of hydrogen-bond acceptors (Lipinski definition) is 1. The number of nitrogens with zero attached hydrogens (tertiary/aromatic N) is 1. The van der Waals surface area contributed by atoms with Crippen molar-refractivity contribution in [3.8, 4) is 0 Å². The molecule has 1 fully saturated rings. The number of amides is 1. The van der Waals surface area contributed by atoms with Gasteiger partial charge in [-0.05, 0) is 47.0 Å². The van der Waals surface area contributed by atoms with Gasteiger partial charge in [-0.2, -0.15) is 0 Å². The molecule has 3 rings (SSSR count). The molecule has 2 aromatic carbocycles. The van der Waals surface area contributed by atoms with Crippen LogP contribution in [-0.4, -0.2) is 16.8 Å². The number of halogens is 2. The van der Waals surface area contributed by atoms with E-state index in [0.29, 0.717) is 17.7 Å². The van der Waals surface area contributed by atoms with Crippen molar-refractivity contribution in [2.24, 2.45) is 0 Å². The molecule has 0 aromatic heterocycles. The molecule has 0 heterocycles. The van der Waals surface area contributed by atoms with Crippen molar-refractivity contribution in [3.63, 3.8) is 0 Å². The minimum atomic E-state index is -0.261. The van der Waals surface area contributed by atoms with Crippen LogP contribution in [0.25, 0.3) is 0 Å². The normalized spacial score (nSPS) is 14.0. The first-order valence-corrected chi connectivity index (χ1v) is 7.75. The van der Waals surface area contributed by atoms with E-state index in [4.69, 9.17) is 0 Å². The smallest absolute Gasteiger partial charge is 0.255 e. The first kappa shape index (κ1) is 14.3. The Labute approximate surface area is 131 Å². The molecule has 1 aliphatic carbocycles. The molecular formula is C17H15BrFNO. The summed E-state index contributed by atoms with van der Waals surface area (Å²) in [7, 11) is 0. The molecular weight excluding hydrogens is 333 g/mol. The van der Waals surface area contributed by atoms with Gasteiger partial charge in [0.2, 0.25) is 0 Å². The van der Waals surface area contributed by atoms with Gasteiger partial charge in [-0.1, -0.05) is 30.3 Å². The van der Waals surface area contributed by atoms with Crippen molar-refractivity contribution in [2.45, 2.75) is 25.4 Å². The third-order valence-electron chi connectivity index (χ3n) is 3.65. The van der Waals surface area contributed by atoms with Gasteiger partial charge in [0, 0.05) is 22.6 Å². The number of rotatable bonds is 4. The molecule has 0 bridgehead atoms. The second kappa shape index (κ2) is 5.98. The van der Waals surface area contributed by atoms with Gasteiger partial charge in [-0.25, -0.2) is 4.39 Å². The fourth-order valence-electron chi connectivity index (χ4n) is 2.35. The molecule has 2 nitrogen and oxygen atoms in total. The molecule has 0 spiro atoms. The SMILES string of the molecule is O=C(c1ccccc1Br)N(Cc1ccccc1F)C1CC1. The van der Waals surface area contributed by atoms with Gasteiger partial charge < -0.3 is 4.90 Å². The maximum atomic E-state index is 13.8. The van der Waals surface area contributed by atoms with E-state index in [1.54, 1.807) is 29.2 Å². The van der Waals surface area contributed by atoms with Gasteiger partial charge in [-0.15, -0.1) is 0 Å². The molecule has 1 saturated carbocycles. The van der Waals surface area contributed by atoms with E-state index in [9.17, 15) is 9.18 Å². The van der Waals surface area contributed by atoms with Gasteiger partial charge in [0.1, 0.15) is 5.82 Å². The number of carbonyl (C=O) groups excluding carboxylic acids is 1. The fourth-order valence-corrected chi connectivity index (χ4v) is 2.81. The third kappa shape index (κ3) is 3.16. The highest BCUT2D eigenvalue weighted by atomic mass is 79.9. The van der Waals surface area contributed by atoms with E-state index in [0.717, 1.165) is 17.3 Å². The maximum Gasteiger partial charge on any atom is 0.255 e. The predicted molar refractivity (Wildman–Crippen MR) is 83.4 cm³/mol. The zero-order valence-corrected chi connectivity index (χ0v) is 13.0. The quantitative estimate of drug-likeness (QED) is 0.802. The Morgan fingerprint density at radius 3 is 2.48 bits per heavy atom. The number of benzene rings is 2. The van der Waals surface area contributed by atoms with Crippen LogP contribution in [-0.2, 0) is 6.54 Å². The number of carbonyl (C=O) groups is 1. The largest absolute Gasteiger partial charge is 0.331 e. The van der Waals surface area contributed by atoms with Crippen molar-refractivity contribution in [1.29, 1.82) is 0 Å². The lowest BCUT2D eigenvalue weighted by molar-refractivity contribution is 0.0727. The zero-order chi connectivity index (χ0) is 14.8. The van der Waals surface area contributed by atoms with Gasteiger partial charge in [0.05, 0.1) is 5.56 Å². The maximum absolute atomic E-state index is 13.8. The zero-order valence-electron chi connectivity index (χ0n) is 11.4. The van der Waals surface area contributed by atoms with Crippen LogP contribution in [0.15, 0.2) is 53.0 Å². The van der Waals surface area contributed by atoms with Gasteiger partial charge in [0.15, 0.2) is 0 Å². The minimum absolute atomic E-state index is 0.0479. The van der Waals surface area contributed by atoms with Crippen LogP contribution in [0.4, 0.5) is 4.39 Å². The first-order chi connectivity index (χ1) is 10.2. The minimum Gasteiger partial charge on any atom is -0.331 e. The van der Waals surface area contributed by atoms with E-state index in [1.165, 1.54) is 6.07 Å². The summed E-state index contributed by atoms with van der Waals surface area (Å²) in [5, 5.41) is 0. The number of hydrogen-bond donors (Lipinski definition) is 0. The van der Waals surface area contributed by atoms with E-state index in [2.05, 4.69) is 15.9 Å². The summed E-state index contributed by atoms with van der Waals surface area (Å²) in [5.74, 6) is -0.309.